The largest absolute Gasteiger partial charge is 0.330 e. The van der Waals surface area contributed by atoms with Crippen molar-refractivity contribution in [2.24, 2.45) is 17.6 Å². The van der Waals surface area contributed by atoms with Crippen molar-refractivity contribution < 1.29 is 13.2 Å². The lowest BCUT2D eigenvalue weighted by Gasteiger charge is -2.36. The molecule has 4 rings (SSSR count). The fourth-order valence-electron chi connectivity index (χ4n) is 3.95. The number of fused-ring (bicyclic) bond motifs is 3. The molecule has 3 aliphatic rings. The lowest BCUT2D eigenvalue weighted by molar-refractivity contribution is 0.214. The molecule has 2 aliphatic carbocycles. The molecule has 0 saturated heterocycles. The molecule has 0 radical (unpaired) electrons. The average Bonchev–Trinajstić information content (AvgIpc) is 2.87. The van der Waals surface area contributed by atoms with E-state index in [0.717, 1.165) is 23.6 Å². The van der Waals surface area contributed by atoms with Crippen LogP contribution in [0.25, 0.3) is 6.08 Å². The Bertz CT molecular complexity index is 780. The maximum absolute atomic E-state index is 14.2. The number of aromatic nitrogens is 2. The average molecular weight is 353 g/mol. The second-order valence-corrected chi connectivity index (χ2v) is 7.39. The van der Waals surface area contributed by atoms with E-state index in [9.17, 15) is 13.2 Å². The van der Waals surface area contributed by atoms with E-state index < -0.39 is 23.4 Å². The molecule has 24 heavy (non-hydrogen) atoms. The van der Waals surface area contributed by atoms with Gasteiger partial charge in [0.2, 0.25) is 0 Å². The van der Waals surface area contributed by atoms with Crippen LogP contribution in [0, 0.1) is 11.8 Å². The van der Waals surface area contributed by atoms with Crippen LogP contribution >= 0.6 is 12.6 Å². The summed E-state index contributed by atoms with van der Waals surface area (Å²) in [6.07, 6.45) is 5.55. The molecule has 128 valence electrons. The van der Waals surface area contributed by atoms with E-state index in [0.29, 0.717) is 19.0 Å². The second-order valence-electron chi connectivity index (χ2n) is 6.73. The molecular weight excluding hydrogens is 335 g/mol. The zero-order valence-electron chi connectivity index (χ0n) is 12.9. The summed E-state index contributed by atoms with van der Waals surface area (Å²) in [5.41, 5.74) is 8.28. The first-order chi connectivity index (χ1) is 11.4. The van der Waals surface area contributed by atoms with Gasteiger partial charge in [-0.15, -0.1) is 0 Å². The van der Waals surface area contributed by atoms with Gasteiger partial charge in [-0.25, -0.2) is 18.2 Å². The summed E-state index contributed by atoms with van der Waals surface area (Å²) in [6, 6.07) is -0.335. The predicted octanol–water partition coefficient (Wildman–Crippen LogP) is 3.27. The number of imidazole rings is 1. The predicted molar refractivity (Wildman–Crippen MR) is 89.4 cm³/mol. The molecule has 0 saturated carbocycles. The van der Waals surface area contributed by atoms with E-state index >= 15 is 0 Å². The van der Waals surface area contributed by atoms with Crippen molar-refractivity contribution in [3.63, 3.8) is 0 Å². The number of rotatable bonds is 1. The van der Waals surface area contributed by atoms with Crippen LogP contribution < -0.4 is 5.73 Å². The van der Waals surface area contributed by atoms with E-state index in [1.54, 1.807) is 0 Å². The highest BCUT2D eigenvalue weighted by molar-refractivity contribution is 7.81. The summed E-state index contributed by atoms with van der Waals surface area (Å²) in [5, 5.41) is 0.146. The Morgan fingerprint density at radius 3 is 2.79 bits per heavy atom. The minimum atomic E-state index is -1.12. The highest BCUT2D eigenvalue weighted by atomic mass is 32.1. The van der Waals surface area contributed by atoms with Crippen molar-refractivity contribution in [1.29, 1.82) is 0 Å². The number of hydrogen-bond donors (Lipinski definition) is 2. The highest BCUT2D eigenvalue weighted by Crippen LogP contribution is 2.40. The molecule has 0 spiro atoms. The maximum atomic E-state index is 14.2. The van der Waals surface area contributed by atoms with Gasteiger partial charge in [0.05, 0.1) is 5.69 Å². The van der Waals surface area contributed by atoms with Crippen LogP contribution in [-0.4, -0.2) is 20.8 Å². The van der Waals surface area contributed by atoms with Crippen LogP contribution in [0.15, 0.2) is 29.6 Å². The summed E-state index contributed by atoms with van der Waals surface area (Å²) < 4.78 is 43.1. The molecule has 1 aromatic rings. The van der Waals surface area contributed by atoms with Gasteiger partial charge in [-0.1, -0.05) is 6.08 Å². The number of halogens is 3. The zero-order chi connectivity index (χ0) is 17.0. The standard InChI is InChI=1S/C17H18F3N3S/c18-11-6-13(20)12(19)4-9(11)10-5-17-22-15-2-1-8(24)3-16(15)23(17)7-14(10)21/h1-2,6,8-10,14,24H,3-5,7,21H2/t8?,9?,10-,14?/m1/s1. The van der Waals surface area contributed by atoms with Gasteiger partial charge in [0.15, 0.2) is 5.83 Å². The van der Waals surface area contributed by atoms with Crippen LogP contribution in [0.2, 0.25) is 0 Å². The lowest BCUT2D eigenvalue weighted by Crippen LogP contribution is -2.45. The maximum Gasteiger partial charge on any atom is 0.157 e. The van der Waals surface area contributed by atoms with E-state index in [2.05, 4.69) is 22.2 Å². The fraction of sp³-hybridized carbons (Fsp3) is 0.471. The molecule has 7 heteroatoms. The van der Waals surface area contributed by atoms with Crippen molar-refractivity contribution in [3.05, 3.63) is 46.8 Å². The van der Waals surface area contributed by atoms with Crippen LogP contribution in [-0.2, 0) is 19.4 Å². The summed E-state index contributed by atoms with van der Waals surface area (Å²) in [4.78, 5) is 4.63. The topological polar surface area (TPSA) is 43.8 Å². The van der Waals surface area contributed by atoms with Crippen molar-refractivity contribution in [2.45, 2.75) is 37.1 Å². The van der Waals surface area contributed by atoms with E-state index in [1.807, 2.05) is 12.2 Å². The first-order valence-electron chi connectivity index (χ1n) is 8.05. The molecular formula is C17H18F3N3S. The monoisotopic (exact) mass is 353 g/mol. The van der Waals surface area contributed by atoms with Crippen molar-refractivity contribution in [3.8, 4) is 0 Å². The van der Waals surface area contributed by atoms with Crippen molar-refractivity contribution in [1.82, 2.24) is 9.55 Å². The summed E-state index contributed by atoms with van der Waals surface area (Å²) in [5.74, 6) is -2.84. The van der Waals surface area contributed by atoms with E-state index in [1.165, 1.54) is 0 Å². The number of nitrogens with zero attached hydrogens (tertiary/aromatic N) is 2. The molecule has 3 unspecified atom stereocenters. The number of hydrogen-bond acceptors (Lipinski definition) is 3. The zero-order valence-corrected chi connectivity index (χ0v) is 13.8. The Hall–Kier alpha value is -1.47. The third kappa shape index (κ3) is 2.54. The Morgan fingerprint density at radius 2 is 2.00 bits per heavy atom. The summed E-state index contributed by atoms with van der Waals surface area (Å²) in [6.45, 7) is 0.508. The smallest absolute Gasteiger partial charge is 0.157 e. The quantitative estimate of drug-likeness (QED) is 0.761. The number of thiol groups is 1. The van der Waals surface area contributed by atoms with Gasteiger partial charge in [0, 0.05) is 54.8 Å². The molecule has 1 aromatic heterocycles. The number of nitrogens with two attached hydrogens (primary N) is 1. The Kier molecular flexibility index (Phi) is 3.88. The van der Waals surface area contributed by atoms with Crippen molar-refractivity contribution in [2.75, 3.05) is 0 Å². The Labute approximate surface area is 143 Å². The fourth-order valence-corrected chi connectivity index (χ4v) is 4.20. The SMILES string of the molecule is NC1Cn2c(nc3c2CC(S)C=C3)C[C@@H]1C1CC(F)=C(F)C=C1F. The van der Waals surface area contributed by atoms with Crippen LogP contribution in [0.4, 0.5) is 13.2 Å². The molecule has 4 atom stereocenters. The molecule has 2 heterocycles. The number of allylic oxidation sites excluding steroid dienone is 4. The van der Waals surface area contributed by atoms with Gasteiger partial charge in [-0.2, -0.15) is 12.6 Å². The first kappa shape index (κ1) is 16.0. The Morgan fingerprint density at radius 1 is 1.21 bits per heavy atom. The van der Waals surface area contributed by atoms with E-state index in [4.69, 9.17) is 5.73 Å². The van der Waals surface area contributed by atoms with Gasteiger partial charge >= 0.3 is 0 Å². The van der Waals surface area contributed by atoms with Crippen LogP contribution in [0.5, 0.6) is 0 Å². The van der Waals surface area contributed by atoms with Gasteiger partial charge in [0.25, 0.3) is 0 Å². The molecule has 0 aromatic carbocycles. The summed E-state index contributed by atoms with van der Waals surface area (Å²) >= 11 is 4.48. The Balaban J connectivity index is 1.64. The van der Waals surface area contributed by atoms with E-state index in [-0.39, 0.29) is 23.6 Å². The molecule has 2 N–H and O–H groups in total. The van der Waals surface area contributed by atoms with Gasteiger partial charge in [-0.05, 0) is 12.0 Å². The third-order valence-corrected chi connectivity index (χ3v) is 5.57. The highest BCUT2D eigenvalue weighted by Gasteiger charge is 2.39. The van der Waals surface area contributed by atoms with Gasteiger partial charge in [-0.3, -0.25) is 0 Å². The minimum Gasteiger partial charge on any atom is -0.330 e. The molecule has 3 nitrogen and oxygen atoms in total. The molecule has 0 bridgehead atoms. The third-order valence-electron chi connectivity index (χ3n) is 5.22. The lowest BCUT2D eigenvalue weighted by atomic mass is 9.77. The van der Waals surface area contributed by atoms with Crippen LogP contribution in [0.1, 0.15) is 23.6 Å². The second kappa shape index (κ2) is 5.81. The summed E-state index contributed by atoms with van der Waals surface area (Å²) in [7, 11) is 0. The molecule has 1 aliphatic heterocycles. The minimum absolute atomic E-state index is 0.146. The molecule has 0 amide bonds. The van der Waals surface area contributed by atoms with Gasteiger partial charge in [0.1, 0.15) is 17.5 Å². The normalized spacial score (nSPS) is 32.5. The van der Waals surface area contributed by atoms with Crippen LogP contribution in [0.3, 0.4) is 0 Å². The first-order valence-corrected chi connectivity index (χ1v) is 8.57. The molecule has 0 fully saturated rings. The van der Waals surface area contributed by atoms with Crippen molar-refractivity contribution >= 4 is 18.7 Å². The van der Waals surface area contributed by atoms with Gasteiger partial charge < -0.3 is 10.3 Å².